The topological polar surface area (TPSA) is 74.5 Å². The van der Waals surface area contributed by atoms with Crippen LogP contribution in [0.15, 0.2) is 43.2 Å². The second kappa shape index (κ2) is 8.41. The number of carbonyl (C=O) groups is 1. The number of aromatic nitrogens is 3. The quantitative estimate of drug-likeness (QED) is 0.845. The van der Waals surface area contributed by atoms with Gasteiger partial charge in [0.05, 0.1) is 6.33 Å². The first kappa shape index (κ1) is 19.1. The fourth-order valence-corrected chi connectivity index (χ4v) is 4.79. The van der Waals surface area contributed by atoms with Gasteiger partial charge < -0.3 is 14.6 Å². The van der Waals surface area contributed by atoms with Crippen molar-refractivity contribution < 1.29 is 9.90 Å². The summed E-state index contributed by atoms with van der Waals surface area (Å²) in [5, 5.41) is 10.1. The van der Waals surface area contributed by atoms with Crippen LogP contribution in [-0.4, -0.2) is 68.1 Å². The fraction of sp³-hybridized carbons (Fsp3) is 0.571. The third-order valence-corrected chi connectivity index (χ3v) is 6.64. The lowest BCUT2D eigenvalue weighted by Crippen LogP contribution is -2.54. The molecule has 7 nitrogen and oxygen atoms in total. The van der Waals surface area contributed by atoms with Crippen molar-refractivity contribution in [3.05, 3.63) is 48.8 Å². The Morgan fingerprint density at radius 2 is 1.86 bits per heavy atom. The van der Waals surface area contributed by atoms with Crippen molar-refractivity contribution >= 4 is 5.91 Å². The molecular weight excluding hydrogens is 354 g/mol. The van der Waals surface area contributed by atoms with Crippen LogP contribution in [0.4, 0.5) is 0 Å². The molecule has 4 rings (SSSR count). The van der Waals surface area contributed by atoms with Crippen LogP contribution in [0.5, 0.6) is 0 Å². The summed E-state index contributed by atoms with van der Waals surface area (Å²) in [5.74, 6) is 0.275. The van der Waals surface area contributed by atoms with E-state index in [-0.39, 0.29) is 23.8 Å². The van der Waals surface area contributed by atoms with E-state index in [0.29, 0.717) is 13.1 Å². The number of hydrogen-bond donors (Lipinski definition) is 1. The van der Waals surface area contributed by atoms with Gasteiger partial charge in [0, 0.05) is 56.9 Å². The summed E-state index contributed by atoms with van der Waals surface area (Å²) in [6, 6.07) is 4.15. The van der Waals surface area contributed by atoms with Crippen molar-refractivity contribution in [3.63, 3.8) is 0 Å². The molecule has 0 radical (unpaired) electrons. The Labute approximate surface area is 166 Å². The van der Waals surface area contributed by atoms with Crippen molar-refractivity contribution in [2.24, 2.45) is 11.3 Å². The Hall–Kier alpha value is -2.25. The molecule has 1 N–H and O–H groups in total. The van der Waals surface area contributed by atoms with Crippen LogP contribution >= 0.6 is 0 Å². The van der Waals surface area contributed by atoms with Gasteiger partial charge in [0.25, 0.3) is 0 Å². The van der Waals surface area contributed by atoms with Crippen LogP contribution in [0, 0.1) is 11.3 Å². The second-order valence-corrected chi connectivity index (χ2v) is 8.20. The number of imidazole rings is 1. The van der Waals surface area contributed by atoms with Crippen molar-refractivity contribution in [3.8, 4) is 0 Å². The number of aliphatic hydroxyl groups excluding tert-OH is 1. The standard InChI is InChI=1S/C21H29N5O2/c27-16-19-14-26(20(28)15-25-12-8-23-17-25)11-5-21(19)3-9-24(10-4-21)13-18-1-6-22-7-2-18/h1-2,6-8,12,17,19,27H,3-5,9-11,13-16H2/t19-/m0/s1. The van der Waals surface area contributed by atoms with E-state index in [9.17, 15) is 9.90 Å². The lowest BCUT2D eigenvalue weighted by molar-refractivity contribution is -0.138. The van der Waals surface area contributed by atoms with Gasteiger partial charge in [-0.2, -0.15) is 0 Å². The van der Waals surface area contributed by atoms with Crippen molar-refractivity contribution in [1.82, 2.24) is 24.3 Å². The maximum Gasteiger partial charge on any atom is 0.242 e. The Kier molecular flexibility index (Phi) is 5.73. The summed E-state index contributed by atoms with van der Waals surface area (Å²) >= 11 is 0. The maximum absolute atomic E-state index is 12.6. The van der Waals surface area contributed by atoms with E-state index in [2.05, 4.69) is 27.0 Å². The summed E-state index contributed by atoms with van der Waals surface area (Å²) in [4.78, 5) is 25.1. The van der Waals surface area contributed by atoms with Crippen LogP contribution in [0.3, 0.4) is 0 Å². The van der Waals surface area contributed by atoms with E-state index in [0.717, 1.165) is 45.4 Å². The SMILES string of the molecule is O=C(Cn1ccnc1)N1CCC2(CCN(Cc3ccncc3)CC2)[C@H](CO)C1. The van der Waals surface area contributed by atoms with E-state index in [1.165, 1.54) is 5.56 Å². The molecular formula is C21H29N5O2. The Bertz CT molecular complexity index is 756. The molecule has 0 aliphatic carbocycles. The minimum Gasteiger partial charge on any atom is -0.396 e. The zero-order valence-electron chi connectivity index (χ0n) is 16.3. The summed E-state index contributed by atoms with van der Waals surface area (Å²) < 4.78 is 1.80. The first-order valence-corrected chi connectivity index (χ1v) is 10.1. The molecule has 0 bridgehead atoms. The van der Waals surface area contributed by atoms with Gasteiger partial charge in [-0.25, -0.2) is 4.98 Å². The van der Waals surface area contributed by atoms with Crippen LogP contribution in [-0.2, 0) is 17.9 Å². The lowest BCUT2D eigenvalue weighted by Gasteiger charge is -2.51. The molecule has 2 aliphatic rings. The van der Waals surface area contributed by atoms with Crippen LogP contribution in [0.1, 0.15) is 24.8 Å². The molecule has 0 aromatic carbocycles. The van der Waals surface area contributed by atoms with Gasteiger partial charge in [-0.15, -0.1) is 0 Å². The first-order valence-electron chi connectivity index (χ1n) is 10.1. The number of pyridine rings is 1. The number of rotatable bonds is 5. The van der Waals surface area contributed by atoms with E-state index in [1.807, 2.05) is 23.5 Å². The third kappa shape index (κ3) is 4.10. The molecule has 2 aliphatic heterocycles. The molecule has 4 heterocycles. The minimum absolute atomic E-state index is 0.112. The van der Waals surface area contributed by atoms with Crippen LogP contribution < -0.4 is 0 Å². The highest BCUT2D eigenvalue weighted by molar-refractivity contribution is 5.76. The predicted octanol–water partition coefficient (Wildman–Crippen LogP) is 1.40. The van der Waals surface area contributed by atoms with Crippen molar-refractivity contribution in [2.45, 2.75) is 32.4 Å². The predicted molar refractivity (Wildman–Crippen MR) is 105 cm³/mol. The van der Waals surface area contributed by atoms with Gasteiger partial charge >= 0.3 is 0 Å². The molecule has 7 heteroatoms. The highest BCUT2D eigenvalue weighted by atomic mass is 16.3. The number of aliphatic hydroxyl groups is 1. The van der Waals surface area contributed by atoms with Crippen molar-refractivity contribution in [2.75, 3.05) is 32.8 Å². The third-order valence-electron chi connectivity index (χ3n) is 6.64. The van der Waals surface area contributed by atoms with E-state index in [1.54, 1.807) is 17.1 Å². The summed E-state index contributed by atoms with van der Waals surface area (Å²) in [6.45, 7) is 4.97. The average molecular weight is 383 g/mol. The summed E-state index contributed by atoms with van der Waals surface area (Å²) in [6.07, 6.45) is 12.0. The van der Waals surface area contributed by atoms with Gasteiger partial charge in [0.1, 0.15) is 6.54 Å². The van der Waals surface area contributed by atoms with Gasteiger partial charge in [-0.3, -0.25) is 14.7 Å². The molecule has 2 saturated heterocycles. The van der Waals surface area contributed by atoms with Crippen molar-refractivity contribution in [1.29, 1.82) is 0 Å². The van der Waals surface area contributed by atoms with E-state index in [4.69, 9.17) is 0 Å². The minimum atomic E-state index is 0.112. The molecule has 28 heavy (non-hydrogen) atoms. The smallest absolute Gasteiger partial charge is 0.242 e. The van der Waals surface area contributed by atoms with Gasteiger partial charge in [0.2, 0.25) is 5.91 Å². The lowest BCUT2D eigenvalue weighted by atomic mass is 9.64. The monoisotopic (exact) mass is 383 g/mol. The highest BCUT2D eigenvalue weighted by Gasteiger charge is 2.45. The van der Waals surface area contributed by atoms with Gasteiger partial charge in [0.15, 0.2) is 0 Å². The maximum atomic E-state index is 12.6. The number of likely N-dealkylation sites (tertiary alicyclic amines) is 2. The average Bonchev–Trinajstić information content (AvgIpc) is 3.24. The Morgan fingerprint density at radius 3 is 2.54 bits per heavy atom. The van der Waals surface area contributed by atoms with E-state index >= 15 is 0 Å². The molecule has 150 valence electrons. The van der Waals surface area contributed by atoms with Gasteiger partial charge in [-0.05, 0) is 55.5 Å². The molecule has 1 spiro atoms. The Balaban J connectivity index is 1.33. The largest absolute Gasteiger partial charge is 0.396 e. The number of piperidine rings is 2. The number of carbonyl (C=O) groups excluding carboxylic acids is 1. The zero-order valence-corrected chi connectivity index (χ0v) is 16.3. The molecule has 0 saturated carbocycles. The molecule has 2 aromatic heterocycles. The summed E-state index contributed by atoms with van der Waals surface area (Å²) in [5.41, 5.74) is 1.46. The summed E-state index contributed by atoms with van der Waals surface area (Å²) in [7, 11) is 0. The van der Waals surface area contributed by atoms with E-state index < -0.39 is 0 Å². The zero-order chi connectivity index (χ0) is 19.4. The normalized spacial score (nSPS) is 22.5. The number of nitrogens with zero attached hydrogens (tertiary/aromatic N) is 5. The van der Waals surface area contributed by atoms with Crippen LogP contribution in [0.25, 0.3) is 0 Å². The highest BCUT2D eigenvalue weighted by Crippen LogP contribution is 2.45. The molecule has 1 amide bonds. The van der Waals surface area contributed by atoms with Crippen LogP contribution in [0.2, 0.25) is 0 Å². The Morgan fingerprint density at radius 1 is 1.11 bits per heavy atom. The molecule has 2 fully saturated rings. The fourth-order valence-electron chi connectivity index (χ4n) is 4.79. The molecule has 0 unspecified atom stereocenters. The molecule has 2 aromatic rings. The second-order valence-electron chi connectivity index (χ2n) is 8.20. The first-order chi connectivity index (χ1) is 13.7. The molecule has 1 atom stereocenters. The number of hydrogen-bond acceptors (Lipinski definition) is 5. The number of amides is 1. The van der Waals surface area contributed by atoms with Gasteiger partial charge in [-0.1, -0.05) is 0 Å².